The van der Waals surface area contributed by atoms with E-state index in [1.165, 1.54) is 13.2 Å². The summed E-state index contributed by atoms with van der Waals surface area (Å²) < 4.78 is 63.8. The molecule has 0 saturated carbocycles. The molecule has 0 aliphatic heterocycles. The van der Waals surface area contributed by atoms with Crippen LogP contribution in [-0.2, 0) is 9.47 Å². The van der Waals surface area contributed by atoms with Crippen molar-refractivity contribution in [3.05, 3.63) is 29.6 Å². The Bertz CT molecular complexity index is 570. The summed E-state index contributed by atoms with van der Waals surface area (Å²) in [6, 6.07) is 2.06. The van der Waals surface area contributed by atoms with Crippen LogP contribution in [-0.4, -0.2) is 31.8 Å². The van der Waals surface area contributed by atoms with E-state index in [0.717, 1.165) is 12.1 Å². The molecule has 1 atom stereocenters. The maximum absolute atomic E-state index is 13.8. The van der Waals surface area contributed by atoms with Crippen LogP contribution in [0.2, 0.25) is 0 Å². The van der Waals surface area contributed by atoms with E-state index in [9.17, 15) is 22.4 Å². The van der Waals surface area contributed by atoms with E-state index < -0.39 is 35.7 Å². The molecule has 136 valence electrons. The van der Waals surface area contributed by atoms with Gasteiger partial charge in [-0.3, -0.25) is 0 Å². The molecule has 0 aromatic heterocycles. The molecular weight excluding hydrogens is 334 g/mol. The minimum atomic E-state index is -5.00. The number of nitrogens with one attached hydrogen (secondary N) is 1. The van der Waals surface area contributed by atoms with Crippen molar-refractivity contribution in [3.8, 4) is 5.75 Å². The summed E-state index contributed by atoms with van der Waals surface area (Å²) in [4.78, 5) is 11.8. The van der Waals surface area contributed by atoms with Crippen molar-refractivity contribution in [2.75, 3.05) is 13.7 Å². The number of hydrogen-bond donors (Lipinski definition) is 1. The predicted molar refractivity (Wildman–Crippen MR) is 77.1 cm³/mol. The maximum atomic E-state index is 13.8. The smallest absolute Gasteiger partial charge is 0.444 e. The summed E-state index contributed by atoms with van der Waals surface area (Å²) >= 11 is 0. The van der Waals surface area contributed by atoms with Gasteiger partial charge in [-0.05, 0) is 38.5 Å². The van der Waals surface area contributed by atoms with Crippen LogP contribution in [0.5, 0.6) is 5.75 Å². The monoisotopic (exact) mass is 353 g/mol. The third kappa shape index (κ3) is 7.03. The van der Waals surface area contributed by atoms with Gasteiger partial charge >= 0.3 is 12.5 Å². The molecule has 1 aromatic rings. The quantitative estimate of drug-likeness (QED) is 0.815. The van der Waals surface area contributed by atoms with Crippen molar-refractivity contribution < 1.29 is 36.6 Å². The zero-order valence-electron chi connectivity index (χ0n) is 13.7. The summed E-state index contributed by atoms with van der Waals surface area (Å²) in [5.74, 6) is -2.17. The Hall–Kier alpha value is -2.03. The van der Waals surface area contributed by atoms with Crippen LogP contribution < -0.4 is 10.1 Å². The topological polar surface area (TPSA) is 56.8 Å². The summed E-state index contributed by atoms with van der Waals surface area (Å²) in [6.07, 6.45) is -5.76. The second kappa shape index (κ2) is 7.69. The van der Waals surface area contributed by atoms with Gasteiger partial charge in [0.15, 0.2) is 11.6 Å². The van der Waals surface area contributed by atoms with Gasteiger partial charge in [0.2, 0.25) is 0 Å². The van der Waals surface area contributed by atoms with Gasteiger partial charge in [0.25, 0.3) is 0 Å². The summed E-state index contributed by atoms with van der Waals surface area (Å²) in [7, 11) is 1.36. The Morgan fingerprint density at radius 1 is 1.25 bits per heavy atom. The molecule has 0 aliphatic carbocycles. The first kappa shape index (κ1) is 20.0. The molecule has 0 heterocycles. The normalized spacial score (nSPS) is 13.3. The van der Waals surface area contributed by atoms with E-state index in [0.29, 0.717) is 0 Å². The maximum Gasteiger partial charge on any atom is 0.573 e. The standard InChI is InChI=1S/C15H19F4NO4/c1-14(2,3)24-13(21)20-11(8-22-4)9-5-6-12(10(16)7-9)23-15(17,18)19/h5-7,11H,8H2,1-4H3,(H,20,21)/t11-/m0/s1. The number of alkyl halides is 3. The van der Waals surface area contributed by atoms with Crippen molar-refractivity contribution in [2.24, 2.45) is 0 Å². The number of carbonyl (C=O) groups excluding carboxylic acids is 1. The largest absolute Gasteiger partial charge is 0.573 e. The molecule has 0 spiro atoms. The van der Waals surface area contributed by atoms with Gasteiger partial charge in [-0.15, -0.1) is 13.2 Å². The summed E-state index contributed by atoms with van der Waals surface area (Å²) in [6.45, 7) is 4.97. The van der Waals surface area contributed by atoms with Crippen LogP contribution in [0.1, 0.15) is 32.4 Å². The Labute approximate surface area is 136 Å². The van der Waals surface area contributed by atoms with Crippen LogP contribution in [0.25, 0.3) is 0 Å². The van der Waals surface area contributed by atoms with Crippen molar-refractivity contribution in [2.45, 2.75) is 38.8 Å². The predicted octanol–water partition coefficient (Wildman–Crippen LogP) is 3.94. The fraction of sp³-hybridized carbons (Fsp3) is 0.533. The molecule has 24 heavy (non-hydrogen) atoms. The molecule has 1 rings (SSSR count). The molecule has 1 aromatic carbocycles. The molecule has 1 amide bonds. The highest BCUT2D eigenvalue weighted by atomic mass is 19.4. The van der Waals surface area contributed by atoms with E-state index >= 15 is 0 Å². The van der Waals surface area contributed by atoms with Crippen molar-refractivity contribution in [3.63, 3.8) is 0 Å². The fourth-order valence-corrected chi connectivity index (χ4v) is 1.78. The third-order valence-electron chi connectivity index (χ3n) is 2.61. The van der Waals surface area contributed by atoms with Crippen LogP contribution in [0.4, 0.5) is 22.4 Å². The number of rotatable bonds is 5. The Morgan fingerprint density at radius 2 is 1.88 bits per heavy atom. The second-order valence-corrected chi connectivity index (χ2v) is 5.89. The third-order valence-corrected chi connectivity index (χ3v) is 2.61. The Balaban J connectivity index is 2.92. The second-order valence-electron chi connectivity index (χ2n) is 5.89. The number of alkyl carbamates (subject to hydrolysis) is 1. The van der Waals surface area contributed by atoms with Gasteiger partial charge in [0.05, 0.1) is 12.6 Å². The number of ether oxygens (including phenoxy) is 3. The average molecular weight is 353 g/mol. The molecule has 0 saturated heterocycles. The van der Waals surface area contributed by atoms with Gasteiger partial charge in [-0.2, -0.15) is 0 Å². The molecule has 1 N–H and O–H groups in total. The SMILES string of the molecule is COC[C@H](NC(=O)OC(C)(C)C)c1ccc(OC(F)(F)F)c(F)c1. The van der Waals surface area contributed by atoms with Crippen LogP contribution in [0.3, 0.4) is 0 Å². The first-order valence-corrected chi connectivity index (χ1v) is 6.95. The minimum Gasteiger partial charge on any atom is -0.444 e. The summed E-state index contributed by atoms with van der Waals surface area (Å²) in [5.41, 5.74) is -0.535. The minimum absolute atomic E-state index is 0.0296. The van der Waals surface area contributed by atoms with Crippen LogP contribution in [0.15, 0.2) is 18.2 Å². The van der Waals surface area contributed by atoms with E-state index in [1.807, 2.05) is 0 Å². The molecule has 0 fully saturated rings. The lowest BCUT2D eigenvalue weighted by atomic mass is 10.1. The van der Waals surface area contributed by atoms with E-state index in [2.05, 4.69) is 10.1 Å². The van der Waals surface area contributed by atoms with Gasteiger partial charge < -0.3 is 19.5 Å². The molecule has 5 nitrogen and oxygen atoms in total. The zero-order chi connectivity index (χ0) is 18.5. The average Bonchev–Trinajstić information content (AvgIpc) is 2.37. The van der Waals surface area contributed by atoms with Gasteiger partial charge in [0.1, 0.15) is 5.60 Å². The lowest BCUT2D eigenvalue weighted by Gasteiger charge is -2.23. The van der Waals surface area contributed by atoms with Crippen molar-refractivity contribution >= 4 is 6.09 Å². The Morgan fingerprint density at radius 3 is 2.33 bits per heavy atom. The van der Waals surface area contributed by atoms with Gasteiger partial charge in [-0.25, -0.2) is 9.18 Å². The number of benzene rings is 1. The highest BCUT2D eigenvalue weighted by Gasteiger charge is 2.32. The number of halogens is 4. The lowest BCUT2D eigenvalue weighted by molar-refractivity contribution is -0.275. The first-order valence-electron chi connectivity index (χ1n) is 6.95. The highest BCUT2D eigenvalue weighted by molar-refractivity contribution is 5.68. The van der Waals surface area contributed by atoms with Crippen molar-refractivity contribution in [1.29, 1.82) is 0 Å². The molecule has 9 heteroatoms. The number of carbonyl (C=O) groups is 1. The Kier molecular flexibility index (Phi) is 6.42. The molecule has 0 unspecified atom stereocenters. The van der Waals surface area contributed by atoms with E-state index in [1.54, 1.807) is 20.8 Å². The van der Waals surface area contributed by atoms with Gasteiger partial charge in [-0.1, -0.05) is 6.07 Å². The lowest BCUT2D eigenvalue weighted by Crippen LogP contribution is -2.36. The number of amides is 1. The first-order chi connectivity index (χ1) is 10.9. The number of hydrogen-bond acceptors (Lipinski definition) is 4. The van der Waals surface area contributed by atoms with E-state index in [-0.39, 0.29) is 12.2 Å². The summed E-state index contributed by atoms with van der Waals surface area (Å²) in [5, 5.41) is 2.47. The zero-order valence-corrected chi connectivity index (χ0v) is 13.7. The van der Waals surface area contributed by atoms with Gasteiger partial charge in [0, 0.05) is 7.11 Å². The molecule has 0 radical (unpaired) electrons. The van der Waals surface area contributed by atoms with E-state index in [4.69, 9.17) is 9.47 Å². The molecule has 0 bridgehead atoms. The van der Waals surface area contributed by atoms with Crippen molar-refractivity contribution in [1.82, 2.24) is 5.32 Å². The number of methoxy groups -OCH3 is 1. The molecule has 0 aliphatic rings. The molecular formula is C15H19F4NO4. The fourth-order valence-electron chi connectivity index (χ4n) is 1.78. The van der Waals surface area contributed by atoms with Crippen LogP contribution >= 0.6 is 0 Å². The highest BCUT2D eigenvalue weighted by Crippen LogP contribution is 2.28. The van der Waals surface area contributed by atoms with Crippen LogP contribution in [0, 0.1) is 5.82 Å².